The average Bonchev–Trinajstić information content (AvgIpc) is 2.80. The predicted octanol–water partition coefficient (Wildman–Crippen LogP) is 4.93. The molecule has 0 amide bonds. The van der Waals surface area contributed by atoms with Gasteiger partial charge < -0.3 is 4.74 Å². The Hall–Kier alpha value is -3.08. The lowest BCUT2D eigenvalue weighted by Gasteiger charge is -2.23. The van der Waals surface area contributed by atoms with Crippen molar-refractivity contribution in [3.63, 3.8) is 0 Å². The summed E-state index contributed by atoms with van der Waals surface area (Å²) in [5.74, 6) is -0.450. The molecule has 0 fully saturated rings. The molecule has 8 nitrogen and oxygen atoms in total. The molecule has 0 aromatic heterocycles. The summed E-state index contributed by atoms with van der Waals surface area (Å²) in [6.45, 7) is 2.11. The third-order valence-corrected chi connectivity index (χ3v) is 7.12. The molecule has 0 N–H and O–H groups in total. The topological polar surface area (TPSA) is 107 Å². The molecule has 3 aromatic carbocycles. The number of esters is 1. The van der Waals surface area contributed by atoms with E-state index in [1.54, 1.807) is 31.2 Å². The van der Waals surface area contributed by atoms with Gasteiger partial charge in [0.2, 0.25) is 10.0 Å². The highest BCUT2D eigenvalue weighted by molar-refractivity contribution is 9.10. The highest BCUT2D eigenvalue weighted by atomic mass is 79.9. The lowest BCUT2D eigenvalue weighted by molar-refractivity contribution is -0.384. The first-order chi connectivity index (χ1) is 15.7. The lowest BCUT2D eigenvalue weighted by Crippen LogP contribution is -2.30. The van der Waals surface area contributed by atoms with Gasteiger partial charge in [-0.05, 0) is 54.4 Å². The van der Waals surface area contributed by atoms with E-state index >= 15 is 0 Å². The van der Waals surface area contributed by atoms with Crippen LogP contribution in [0.5, 0.6) is 0 Å². The van der Waals surface area contributed by atoms with Crippen LogP contribution in [-0.2, 0) is 27.8 Å². The Morgan fingerprint density at radius 3 is 1.94 bits per heavy atom. The maximum absolute atomic E-state index is 13.4. The number of carbonyl (C=O) groups is 1. The number of nitro benzene ring substituents is 1. The first kappa shape index (κ1) is 24.6. The molecule has 0 aliphatic carbocycles. The summed E-state index contributed by atoms with van der Waals surface area (Å²) in [6.07, 6.45) is 0. The molecule has 3 rings (SSSR count). The zero-order valence-corrected chi connectivity index (χ0v) is 20.1. The highest BCUT2D eigenvalue weighted by Crippen LogP contribution is 2.24. The van der Waals surface area contributed by atoms with Crippen LogP contribution in [0.1, 0.15) is 28.4 Å². The number of benzene rings is 3. The van der Waals surface area contributed by atoms with Gasteiger partial charge in [-0.3, -0.25) is 10.1 Å². The molecule has 10 heteroatoms. The van der Waals surface area contributed by atoms with Crippen LogP contribution in [0, 0.1) is 10.1 Å². The first-order valence-corrected chi connectivity index (χ1v) is 12.2. The van der Waals surface area contributed by atoms with Gasteiger partial charge in [0.05, 0.1) is 22.0 Å². The third kappa shape index (κ3) is 6.25. The van der Waals surface area contributed by atoms with E-state index in [0.29, 0.717) is 11.1 Å². The van der Waals surface area contributed by atoms with Crippen molar-refractivity contribution in [2.24, 2.45) is 0 Å². The molecule has 33 heavy (non-hydrogen) atoms. The number of hydrogen-bond donors (Lipinski definition) is 0. The van der Waals surface area contributed by atoms with E-state index in [1.807, 2.05) is 24.3 Å². The van der Waals surface area contributed by atoms with E-state index < -0.39 is 20.9 Å². The second-order valence-corrected chi connectivity index (χ2v) is 9.92. The van der Waals surface area contributed by atoms with E-state index in [1.165, 1.54) is 28.6 Å². The van der Waals surface area contributed by atoms with Crippen LogP contribution in [0.3, 0.4) is 0 Å². The van der Waals surface area contributed by atoms with E-state index in [0.717, 1.165) is 10.0 Å². The standard InChI is InChI=1S/C23H21BrN2O6S/c1-2-32-23(27)19-7-3-17(4-8-19)15-25(16-18-5-9-20(24)10-6-18)33(30,31)22-13-11-21(12-14-22)26(28)29/h3-14H,2,15-16H2,1H3. The second-order valence-electron chi connectivity index (χ2n) is 7.07. The molecule has 0 heterocycles. The number of halogens is 1. The zero-order chi connectivity index (χ0) is 24.0. The SMILES string of the molecule is CCOC(=O)c1ccc(CN(Cc2ccc(Br)cc2)S(=O)(=O)c2ccc([N+](=O)[O-])cc2)cc1. The number of non-ortho nitro benzene ring substituents is 1. The van der Waals surface area contributed by atoms with Crippen LogP contribution in [-0.4, -0.2) is 30.2 Å². The monoisotopic (exact) mass is 532 g/mol. The molecule has 0 spiro atoms. The van der Waals surface area contributed by atoms with Crippen LogP contribution in [0.2, 0.25) is 0 Å². The predicted molar refractivity (Wildman–Crippen MR) is 126 cm³/mol. The quantitative estimate of drug-likeness (QED) is 0.220. The summed E-state index contributed by atoms with van der Waals surface area (Å²) >= 11 is 3.36. The summed E-state index contributed by atoms with van der Waals surface area (Å²) in [5, 5.41) is 10.9. The van der Waals surface area contributed by atoms with Crippen LogP contribution < -0.4 is 0 Å². The molecular formula is C23H21BrN2O6S. The van der Waals surface area contributed by atoms with Gasteiger partial charge in [-0.1, -0.05) is 40.2 Å². The molecule has 0 radical (unpaired) electrons. The van der Waals surface area contributed by atoms with Gasteiger partial charge in [0.1, 0.15) is 0 Å². The minimum atomic E-state index is -3.98. The summed E-state index contributed by atoms with van der Waals surface area (Å²) in [4.78, 5) is 22.2. The minimum Gasteiger partial charge on any atom is -0.462 e. The van der Waals surface area contributed by atoms with Crippen molar-refractivity contribution in [1.29, 1.82) is 0 Å². The van der Waals surface area contributed by atoms with E-state index in [4.69, 9.17) is 4.74 Å². The third-order valence-electron chi connectivity index (χ3n) is 4.78. The number of nitrogens with zero attached hydrogens (tertiary/aromatic N) is 2. The van der Waals surface area contributed by atoms with E-state index in [2.05, 4.69) is 15.9 Å². The summed E-state index contributed by atoms with van der Waals surface area (Å²) < 4.78 is 34.0. The van der Waals surface area contributed by atoms with Crippen LogP contribution in [0.4, 0.5) is 5.69 Å². The molecule has 0 saturated heterocycles. The molecule has 172 valence electrons. The van der Waals surface area contributed by atoms with Crippen molar-refractivity contribution in [2.45, 2.75) is 24.9 Å². The van der Waals surface area contributed by atoms with Gasteiger partial charge in [-0.2, -0.15) is 4.31 Å². The van der Waals surface area contributed by atoms with Crippen molar-refractivity contribution < 1.29 is 22.9 Å². The smallest absolute Gasteiger partial charge is 0.338 e. The fraction of sp³-hybridized carbons (Fsp3) is 0.174. The fourth-order valence-electron chi connectivity index (χ4n) is 3.07. The zero-order valence-electron chi connectivity index (χ0n) is 17.7. The molecular weight excluding hydrogens is 512 g/mol. The Balaban J connectivity index is 1.92. The number of ether oxygens (including phenoxy) is 1. The Morgan fingerprint density at radius 1 is 0.939 bits per heavy atom. The number of nitro groups is 1. The number of hydrogen-bond acceptors (Lipinski definition) is 6. The maximum Gasteiger partial charge on any atom is 0.338 e. The fourth-order valence-corrected chi connectivity index (χ4v) is 4.75. The van der Waals surface area contributed by atoms with Crippen LogP contribution in [0.25, 0.3) is 0 Å². The molecule has 3 aromatic rings. The van der Waals surface area contributed by atoms with Crippen molar-refractivity contribution in [3.05, 3.63) is 104 Å². The van der Waals surface area contributed by atoms with Crippen molar-refractivity contribution in [2.75, 3.05) is 6.61 Å². The second kappa shape index (κ2) is 10.7. The van der Waals surface area contributed by atoms with Gasteiger partial charge in [-0.25, -0.2) is 13.2 Å². The van der Waals surface area contributed by atoms with Gasteiger partial charge >= 0.3 is 5.97 Å². The molecule has 0 aliphatic heterocycles. The average molecular weight is 533 g/mol. The van der Waals surface area contributed by atoms with Gasteiger partial charge in [0.25, 0.3) is 5.69 Å². The van der Waals surface area contributed by atoms with Crippen molar-refractivity contribution >= 4 is 37.6 Å². The van der Waals surface area contributed by atoms with Crippen molar-refractivity contribution in [3.8, 4) is 0 Å². The summed E-state index contributed by atoms with van der Waals surface area (Å²) in [6, 6.07) is 18.6. The molecule has 0 unspecified atom stereocenters. The normalized spacial score (nSPS) is 11.4. The maximum atomic E-state index is 13.4. The summed E-state index contributed by atoms with van der Waals surface area (Å²) in [7, 11) is -3.98. The van der Waals surface area contributed by atoms with Gasteiger partial charge in [0.15, 0.2) is 0 Å². The number of rotatable bonds is 9. The molecule has 0 bridgehead atoms. The Morgan fingerprint density at radius 2 is 1.45 bits per heavy atom. The molecule has 0 saturated carbocycles. The summed E-state index contributed by atoms with van der Waals surface area (Å²) in [5.41, 5.74) is 1.62. The largest absolute Gasteiger partial charge is 0.462 e. The number of sulfonamides is 1. The molecule has 0 aliphatic rings. The number of carbonyl (C=O) groups excluding carboxylic acids is 1. The van der Waals surface area contributed by atoms with E-state index in [9.17, 15) is 23.3 Å². The molecule has 0 atom stereocenters. The Bertz CT molecular complexity index is 1230. The first-order valence-electron chi connectivity index (χ1n) is 9.96. The van der Waals surface area contributed by atoms with Crippen LogP contribution >= 0.6 is 15.9 Å². The van der Waals surface area contributed by atoms with Gasteiger partial charge in [-0.15, -0.1) is 0 Å². The minimum absolute atomic E-state index is 0.0402. The Kier molecular flexibility index (Phi) is 7.96. The van der Waals surface area contributed by atoms with E-state index in [-0.39, 0.29) is 30.3 Å². The Labute approximate surface area is 200 Å². The van der Waals surface area contributed by atoms with Crippen LogP contribution in [0.15, 0.2) is 82.2 Å². The highest BCUT2D eigenvalue weighted by Gasteiger charge is 2.26. The van der Waals surface area contributed by atoms with Crippen molar-refractivity contribution in [1.82, 2.24) is 4.31 Å². The lowest BCUT2D eigenvalue weighted by atomic mass is 10.1. The van der Waals surface area contributed by atoms with Gasteiger partial charge in [0, 0.05) is 29.7 Å².